The van der Waals surface area contributed by atoms with Gasteiger partial charge >= 0.3 is 0 Å². The average molecular weight is 251 g/mol. The Morgan fingerprint density at radius 1 is 1.50 bits per heavy atom. The Hall–Kier alpha value is -1.62. The maximum atomic E-state index is 11.8. The fraction of sp³-hybridized carbons (Fsp3) is 0.538. The molecule has 100 valence electrons. The minimum Gasteiger partial charge on any atom is -0.389 e. The number of hydrogen-bond acceptors (Lipinski definition) is 4. The van der Waals surface area contributed by atoms with Gasteiger partial charge in [0.15, 0.2) is 0 Å². The number of aliphatic hydroxyl groups is 1. The van der Waals surface area contributed by atoms with Crippen molar-refractivity contribution in [1.82, 2.24) is 9.88 Å². The molecule has 1 N–H and O–H groups in total. The number of pyridine rings is 1. The third-order valence-corrected chi connectivity index (χ3v) is 2.77. The first-order chi connectivity index (χ1) is 8.47. The van der Waals surface area contributed by atoms with Crippen LogP contribution in [0.1, 0.15) is 25.5 Å². The van der Waals surface area contributed by atoms with Gasteiger partial charge in [0.2, 0.25) is 5.91 Å². The molecule has 1 rings (SSSR count). The molecule has 0 saturated heterocycles. The highest BCUT2D eigenvalue weighted by Gasteiger charge is 2.17. The summed E-state index contributed by atoms with van der Waals surface area (Å²) in [6, 6.07) is 3.61. The van der Waals surface area contributed by atoms with Crippen molar-refractivity contribution in [2.24, 2.45) is 0 Å². The van der Waals surface area contributed by atoms with Crippen molar-refractivity contribution >= 4 is 11.7 Å². The van der Waals surface area contributed by atoms with E-state index in [1.165, 1.54) is 0 Å². The zero-order valence-corrected chi connectivity index (χ0v) is 11.4. The second-order valence-corrected chi connectivity index (χ2v) is 4.39. The summed E-state index contributed by atoms with van der Waals surface area (Å²) in [5.41, 5.74) is 0.742. The van der Waals surface area contributed by atoms with E-state index < -0.39 is 6.10 Å². The van der Waals surface area contributed by atoms with Gasteiger partial charge in [-0.3, -0.25) is 4.79 Å². The largest absolute Gasteiger partial charge is 0.389 e. The van der Waals surface area contributed by atoms with Gasteiger partial charge in [-0.25, -0.2) is 4.98 Å². The van der Waals surface area contributed by atoms with Gasteiger partial charge in [-0.2, -0.15) is 0 Å². The number of carbonyl (C=O) groups is 1. The van der Waals surface area contributed by atoms with Crippen LogP contribution in [0.4, 0.5) is 5.82 Å². The molecule has 5 nitrogen and oxygen atoms in total. The second-order valence-electron chi connectivity index (χ2n) is 4.39. The van der Waals surface area contributed by atoms with Crippen LogP contribution in [-0.4, -0.2) is 48.1 Å². The standard InChI is InChI=1S/C13H21N3O2/c1-5-16(9-12(18)15(3)4)13-11(10(2)17)7-6-8-14-13/h6-8,10,17H,5,9H2,1-4H3/t10-/m0/s1. The molecule has 1 aromatic rings. The molecule has 5 heteroatoms. The fourth-order valence-electron chi connectivity index (χ4n) is 1.64. The lowest BCUT2D eigenvalue weighted by molar-refractivity contribution is -0.127. The Morgan fingerprint density at radius 3 is 2.67 bits per heavy atom. The first-order valence-corrected chi connectivity index (χ1v) is 6.05. The van der Waals surface area contributed by atoms with Crippen molar-refractivity contribution in [2.45, 2.75) is 20.0 Å². The summed E-state index contributed by atoms with van der Waals surface area (Å²) >= 11 is 0. The van der Waals surface area contributed by atoms with E-state index >= 15 is 0 Å². The van der Waals surface area contributed by atoms with E-state index in [1.807, 2.05) is 17.9 Å². The third kappa shape index (κ3) is 3.43. The van der Waals surface area contributed by atoms with E-state index in [9.17, 15) is 9.90 Å². The van der Waals surface area contributed by atoms with Crippen LogP contribution in [0.25, 0.3) is 0 Å². The number of aliphatic hydroxyl groups excluding tert-OH is 1. The number of nitrogens with zero attached hydrogens (tertiary/aromatic N) is 3. The highest BCUT2D eigenvalue weighted by molar-refractivity contribution is 5.80. The summed E-state index contributed by atoms with van der Waals surface area (Å²) in [6.45, 7) is 4.59. The molecule has 0 aromatic carbocycles. The SMILES string of the molecule is CCN(CC(=O)N(C)C)c1ncccc1[C@H](C)O. The lowest BCUT2D eigenvalue weighted by atomic mass is 10.1. The summed E-state index contributed by atoms with van der Waals surface area (Å²) in [5, 5.41) is 9.73. The number of carbonyl (C=O) groups excluding carboxylic acids is 1. The summed E-state index contributed by atoms with van der Waals surface area (Å²) in [7, 11) is 3.45. The smallest absolute Gasteiger partial charge is 0.241 e. The van der Waals surface area contributed by atoms with Crippen molar-refractivity contribution in [1.29, 1.82) is 0 Å². The zero-order valence-electron chi connectivity index (χ0n) is 11.4. The predicted octanol–water partition coefficient (Wildman–Crippen LogP) is 1.05. The molecule has 0 aliphatic rings. The van der Waals surface area contributed by atoms with Crippen LogP contribution >= 0.6 is 0 Å². The van der Waals surface area contributed by atoms with Crippen molar-refractivity contribution in [2.75, 3.05) is 32.1 Å². The molecule has 0 aliphatic carbocycles. The van der Waals surface area contributed by atoms with Crippen LogP contribution in [0, 0.1) is 0 Å². The third-order valence-electron chi connectivity index (χ3n) is 2.77. The monoisotopic (exact) mass is 251 g/mol. The van der Waals surface area contributed by atoms with Gasteiger partial charge in [0.1, 0.15) is 5.82 Å². The van der Waals surface area contributed by atoms with Gasteiger partial charge in [0.25, 0.3) is 0 Å². The maximum Gasteiger partial charge on any atom is 0.241 e. The van der Waals surface area contributed by atoms with Crippen LogP contribution in [0.15, 0.2) is 18.3 Å². The van der Waals surface area contributed by atoms with Crippen molar-refractivity contribution in [3.8, 4) is 0 Å². The quantitative estimate of drug-likeness (QED) is 0.850. The minimum atomic E-state index is -0.600. The van der Waals surface area contributed by atoms with Crippen molar-refractivity contribution in [3.05, 3.63) is 23.9 Å². The first kappa shape index (κ1) is 14.4. The Labute approximate surface area is 108 Å². The Bertz CT molecular complexity index is 405. The molecule has 0 saturated carbocycles. The van der Waals surface area contributed by atoms with E-state index in [2.05, 4.69) is 4.98 Å². The number of likely N-dealkylation sites (N-methyl/N-ethyl adjacent to an activating group) is 2. The summed E-state index contributed by atoms with van der Waals surface area (Å²) < 4.78 is 0. The van der Waals surface area contributed by atoms with Crippen LogP contribution in [-0.2, 0) is 4.79 Å². The van der Waals surface area contributed by atoms with Gasteiger partial charge in [0, 0.05) is 32.4 Å². The van der Waals surface area contributed by atoms with Crippen LogP contribution in [0.2, 0.25) is 0 Å². The number of amides is 1. The van der Waals surface area contributed by atoms with Crippen LogP contribution in [0.5, 0.6) is 0 Å². The zero-order chi connectivity index (χ0) is 13.7. The molecule has 0 fully saturated rings. The van der Waals surface area contributed by atoms with Gasteiger partial charge in [-0.1, -0.05) is 6.07 Å². The molecule has 0 aliphatic heterocycles. The molecular weight excluding hydrogens is 230 g/mol. The highest BCUT2D eigenvalue weighted by Crippen LogP contribution is 2.23. The molecule has 0 spiro atoms. The summed E-state index contributed by atoms with van der Waals surface area (Å²) in [6.07, 6.45) is 1.07. The van der Waals surface area contributed by atoms with E-state index in [0.717, 1.165) is 5.56 Å². The lowest BCUT2D eigenvalue weighted by Crippen LogP contribution is -2.37. The fourth-order valence-corrected chi connectivity index (χ4v) is 1.64. The van der Waals surface area contributed by atoms with E-state index in [4.69, 9.17) is 0 Å². The van der Waals surface area contributed by atoms with E-state index in [0.29, 0.717) is 12.4 Å². The average Bonchev–Trinajstić information content (AvgIpc) is 2.35. The maximum absolute atomic E-state index is 11.8. The molecule has 18 heavy (non-hydrogen) atoms. The van der Waals surface area contributed by atoms with Gasteiger partial charge in [0.05, 0.1) is 12.6 Å². The normalized spacial score (nSPS) is 12.1. The molecule has 0 radical (unpaired) electrons. The Kier molecular flexibility index (Phi) is 5.09. The van der Waals surface area contributed by atoms with Crippen molar-refractivity contribution < 1.29 is 9.90 Å². The predicted molar refractivity (Wildman–Crippen MR) is 71.5 cm³/mol. The van der Waals surface area contributed by atoms with Gasteiger partial charge in [-0.05, 0) is 19.9 Å². The summed E-state index contributed by atoms with van der Waals surface area (Å²) in [4.78, 5) is 19.5. The van der Waals surface area contributed by atoms with E-state index in [-0.39, 0.29) is 12.5 Å². The molecule has 1 heterocycles. The van der Waals surface area contributed by atoms with Gasteiger partial charge < -0.3 is 14.9 Å². The van der Waals surface area contributed by atoms with Gasteiger partial charge in [-0.15, -0.1) is 0 Å². The number of hydrogen-bond donors (Lipinski definition) is 1. The summed E-state index contributed by atoms with van der Waals surface area (Å²) in [5.74, 6) is 0.684. The second kappa shape index (κ2) is 6.35. The molecule has 0 bridgehead atoms. The lowest BCUT2D eigenvalue weighted by Gasteiger charge is -2.25. The molecule has 1 atom stereocenters. The molecule has 1 aromatic heterocycles. The molecular formula is C13H21N3O2. The Balaban J connectivity index is 2.98. The number of anilines is 1. The van der Waals surface area contributed by atoms with Crippen LogP contribution in [0.3, 0.4) is 0 Å². The Morgan fingerprint density at radius 2 is 2.17 bits per heavy atom. The first-order valence-electron chi connectivity index (χ1n) is 6.05. The van der Waals surface area contributed by atoms with E-state index in [1.54, 1.807) is 38.2 Å². The van der Waals surface area contributed by atoms with Crippen LogP contribution < -0.4 is 4.90 Å². The van der Waals surface area contributed by atoms with Crippen molar-refractivity contribution in [3.63, 3.8) is 0 Å². The highest BCUT2D eigenvalue weighted by atomic mass is 16.3. The number of aromatic nitrogens is 1. The molecule has 1 amide bonds. The molecule has 0 unspecified atom stereocenters. The number of rotatable bonds is 5. The minimum absolute atomic E-state index is 0.0130. The topological polar surface area (TPSA) is 56.7 Å².